The van der Waals surface area contributed by atoms with Crippen LogP contribution in [-0.2, 0) is 10.2 Å². The Labute approximate surface area is 151 Å². The van der Waals surface area contributed by atoms with E-state index in [4.69, 9.17) is 4.52 Å². The largest absolute Gasteiger partial charge is 0.396 e. The van der Waals surface area contributed by atoms with Crippen LogP contribution in [0.2, 0.25) is 0 Å². The van der Waals surface area contributed by atoms with E-state index < -0.39 is 5.41 Å². The van der Waals surface area contributed by atoms with Crippen LogP contribution in [0.1, 0.15) is 29.0 Å². The van der Waals surface area contributed by atoms with Gasteiger partial charge in [-0.05, 0) is 49.1 Å². The second kappa shape index (κ2) is 6.11. The highest BCUT2D eigenvalue weighted by atomic mass is 16.5. The molecule has 5 heteroatoms. The number of fused-ring (bicyclic) bond motifs is 1. The summed E-state index contributed by atoms with van der Waals surface area (Å²) < 4.78 is 5.30. The van der Waals surface area contributed by atoms with Gasteiger partial charge in [0.2, 0.25) is 5.91 Å². The van der Waals surface area contributed by atoms with Crippen molar-refractivity contribution in [3.05, 3.63) is 71.1 Å². The van der Waals surface area contributed by atoms with Gasteiger partial charge in [-0.25, -0.2) is 0 Å². The minimum atomic E-state index is -0.902. The number of carbonyl (C=O) groups excluding carboxylic acids is 1. The van der Waals surface area contributed by atoms with Crippen LogP contribution in [0.3, 0.4) is 0 Å². The Bertz CT molecular complexity index is 959. The number of aliphatic hydroxyl groups is 1. The average molecular weight is 348 g/mol. The molecule has 1 amide bonds. The lowest BCUT2D eigenvalue weighted by Crippen LogP contribution is -2.36. The zero-order valence-corrected chi connectivity index (χ0v) is 14.7. The van der Waals surface area contributed by atoms with Gasteiger partial charge in [-0.1, -0.05) is 41.6 Å². The van der Waals surface area contributed by atoms with E-state index in [1.165, 1.54) is 0 Å². The van der Waals surface area contributed by atoms with E-state index in [0.717, 1.165) is 39.4 Å². The van der Waals surface area contributed by atoms with Gasteiger partial charge in [0.1, 0.15) is 11.2 Å². The molecule has 0 aliphatic carbocycles. The monoisotopic (exact) mass is 348 g/mol. The molecule has 0 bridgehead atoms. The summed E-state index contributed by atoms with van der Waals surface area (Å²) in [5, 5.41) is 16.8. The van der Waals surface area contributed by atoms with Gasteiger partial charge < -0.3 is 14.9 Å². The molecule has 0 saturated carbocycles. The summed E-state index contributed by atoms with van der Waals surface area (Å²) in [6.45, 7) is 3.70. The maximum Gasteiger partial charge on any atom is 0.239 e. The van der Waals surface area contributed by atoms with E-state index >= 15 is 0 Å². The third-order valence-corrected chi connectivity index (χ3v) is 5.19. The minimum absolute atomic E-state index is 0.0860. The first-order chi connectivity index (χ1) is 12.6. The predicted molar refractivity (Wildman–Crippen MR) is 99.0 cm³/mol. The molecule has 1 aliphatic heterocycles. The molecule has 4 rings (SSSR count). The number of hydrogen-bond acceptors (Lipinski definition) is 4. The van der Waals surface area contributed by atoms with E-state index in [1.807, 2.05) is 62.4 Å². The molecule has 1 unspecified atom stereocenters. The Kier molecular flexibility index (Phi) is 3.89. The van der Waals surface area contributed by atoms with Crippen LogP contribution >= 0.6 is 0 Å². The molecule has 0 saturated heterocycles. The molecule has 1 aromatic heterocycles. The standard InChI is InChI=1S/C21H20N2O3/c1-13-19(14(2)26-23-13)15-8-9-18-17(12-15)21(10-11-24,20(25)22-18)16-6-4-3-5-7-16/h3-9,12,24H,10-11H2,1-2H3,(H,22,25). The van der Waals surface area contributed by atoms with Crippen LogP contribution in [0.5, 0.6) is 0 Å². The van der Waals surface area contributed by atoms with Crippen molar-refractivity contribution in [1.29, 1.82) is 0 Å². The zero-order chi connectivity index (χ0) is 18.3. The highest BCUT2D eigenvalue weighted by Gasteiger charge is 2.47. The highest BCUT2D eigenvalue weighted by Crippen LogP contribution is 2.46. The van der Waals surface area contributed by atoms with Crippen molar-refractivity contribution in [2.45, 2.75) is 25.7 Å². The smallest absolute Gasteiger partial charge is 0.239 e. The van der Waals surface area contributed by atoms with Crippen molar-refractivity contribution in [3.8, 4) is 11.1 Å². The lowest BCUT2D eigenvalue weighted by atomic mass is 9.72. The molecule has 2 N–H and O–H groups in total. The molecule has 2 aromatic carbocycles. The second-order valence-corrected chi connectivity index (χ2v) is 6.66. The summed E-state index contributed by atoms with van der Waals surface area (Å²) in [5.41, 5.74) is 4.34. The lowest BCUT2D eigenvalue weighted by Gasteiger charge is -2.27. The van der Waals surface area contributed by atoms with Gasteiger partial charge in [0.25, 0.3) is 0 Å². The quantitative estimate of drug-likeness (QED) is 0.756. The number of nitrogens with zero attached hydrogens (tertiary/aromatic N) is 1. The van der Waals surface area contributed by atoms with Crippen LogP contribution in [0.25, 0.3) is 11.1 Å². The first-order valence-electron chi connectivity index (χ1n) is 8.63. The van der Waals surface area contributed by atoms with Crippen molar-refractivity contribution in [2.24, 2.45) is 0 Å². The van der Waals surface area contributed by atoms with E-state index in [2.05, 4.69) is 10.5 Å². The number of hydrogen-bond donors (Lipinski definition) is 2. The number of aromatic nitrogens is 1. The molecule has 132 valence electrons. The highest BCUT2D eigenvalue weighted by molar-refractivity contribution is 6.09. The molecule has 1 aliphatic rings. The van der Waals surface area contributed by atoms with Crippen molar-refractivity contribution in [2.75, 3.05) is 11.9 Å². The number of amides is 1. The number of benzene rings is 2. The molecule has 0 fully saturated rings. The summed E-state index contributed by atoms with van der Waals surface area (Å²) in [6.07, 6.45) is 0.320. The fourth-order valence-corrected chi connectivity index (χ4v) is 3.98. The van der Waals surface area contributed by atoms with Gasteiger partial charge in [0.15, 0.2) is 0 Å². The van der Waals surface area contributed by atoms with Crippen LogP contribution in [0, 0.1) is 13.8 Å². The summed E-state index contributed by atoms with van der Waals surface area (Å²) in [5.74, 6) is 0.635. The van der Waals surface area contributed by atoms with Gasteiger partial charge in [-0.2, -0.15) is 0 Å². The van der Waals surface area contributed by atoms with Crippen LogP contribution in [0.4, 0.5) is 5.69 Å². The van der Waals surface area contributed by atoms with E-state index in [1.54, 1.807) is 0 Å². The van der Waals surface area contributed by atoms with Crippen molar-refractivity contribution in [3.63, 3.8) is 0 Å². The fourth-order valence-electron chi connectivity index (χ4n) is 3.98. The predicted octanol–water partition coefficient (Wildman–Crippen LogP) is 3.58. The SMILES string of the molecule is Cc1noc(C)c1-c1ccc2c(c1)C(CCO)(c1ccccc1)C(=O)N2. The molecule has 5 nitrogen and oxygen atoms in total. The first-order valence-corrected chi connectivity index (χ1v) is 8.63. The van der Waals surface area contributed by atoms with Crippen LogP contribution in [0.15, 0.2) is 53.1 Å². The zero-order valence-electron chi connectivity index (χ0n) is 14.7. The summed E-state index contributed by atoms with van der Waals surface area (Å²) in [6, 6.07) is 15.5. The molecule has 0 spiro atoms. The van der Waals surface area contributed by atoms with E-state index in [0.29, 0.717) is 6.42 Å². The fraction of sp³-hybridized carbons (Fsp3) is 0.238. The first kappa shape index (κ1) is 16.5. The molecular weight excluding hydrogens is 328 g/mol. The Hall–Kier alpha value is -2.92. The number of rotatable bonds is 4. The van der Waals surface area contributed by atoms with E-state index in [9.17, 15) is 9.90 Å². The third kappa shape index (κ3) is 2.28. The van der Waals surface area contributed by atoms with Crippen molar-refractivity contribution >= 4 is 11.6 Å². The summed E-state index contributed by atoms with van der Waals surface area (Å²) >= 11 is 0. The van der Waals surface area contributed by atoms with Gasteiger partial charge in [-0.3, -0.25) is 4.79 Å². The Balaban J connectivity index is 1.95. The molecule has 1 atom stereocenters. The Morgan fingerprint density at radius 3 is 2.58 bits per heavy atom. The normalized spacial score (nSPS) is 18.7. The molecular formula is C21H20N2O3. The summed E-state index contributed by atoms with van der Waals surface area (Å²) in [7, 11) is 0. The van der Waals surface area contributed by atoms with Gasteiger partial charge in [0.05, 0.1) is 5.69 Å². The second-order valence-electron chi connectivity index (χ2n) is 6.66. The molecule has 26 heavy (non-hydrogen) atoms. The molecule has 2 heterocycles. The number of aryl methyl sites for hydroxylation is 2. The van der Waals surface area contributed by atoms with Crippen molar-refractivity contribution in [1.82, 2.24) is 5.16 Å². The Morgan fingerprint density at radius 2 is 1.92 bits per heavy atom. The maximum absolute atomic E-state index is 13.0. The van der Waals surface area contributed by atoms with Crippen LogP contribution < -0.4 is 5.32 Å². The summed E-state index contributed by atoms with van der Waals surface area (Å²) in [4.78, 5) is 13.0. The van der Waals surface area contributed by atoms with Gasteiger partial charge >= 0.3 is 0 Å². The molecule has 3 aromatic rings. The topological polar surface area (TPSA) is 75.4 Å². The Morgan fingerprint density at radius 1 is 1.15 bits per heavy atom. The number of aliphatic hydroxyl groups excluding tert-OH is 1. The lowest BCUT2D eigenvalue weighted by molar-refractivity contribution is -0.120. The number of nitrogens with one attached hydrogen (secondary N) is 1. The van der Waals surface area contributed by atoms with Gasteiger partial charge in [-0.15, -0.1) is 0 Å². The average Bonchev–Trinajstić information content (AvgIpc) is 3.13. The third-order valence-electron chi connectivity index (χ3n) is 5.19. The van der Waals surface area contributed by atoms with E-state index in [-0.39, 0.29) is 12.5 Å². The van der Waals surface area contributed by atoms with Crippen LogP contribution in [-0.4, -0.2) is 22.8 Å². The molecule has 0 radical (unpaired) electrons. The number of anilines is 1. The minimum Gasteiger partial charge on any atom is -0.396 e. The van der Waals surface area contributed by atoms with Gasteiger partial charge in [0, 0.05) is 17.9 Å². The maximum atomic E-state index is 13.0. The van der Waals surface area contributed by atoms with Crippen molar-refractivity contribution < 1.29 is 14.4 Å². The number of carbonyl (C=O) groups is 1.